The zero-order valence-electron chi connectivity index (χ0n) is 11.9. The minimum atomic E-state index is -0.106. The molecule has 3 nitrogen and oxygen atoms in total. The largest absolute Gasteiger partial charge is 0.351 e. The highest BCUT2D eigenvalue weighted by Crippen LogP contribution is 2.08. The third-order valence-corrected chi connectivity index (χ3v) is 3.34. The molecule has 0 radical (unpaired) electrons. The third kappa shape index (κ3) is 5.26. The van der Waals surface area contributed by atoms with Crippen molar-refractivity contribution in [1.82, 2.24) is 10.2 Å². The first-order valence-corrected chi connectivity index (χ1v) is 6.89. The molecule has 0 saturated carbocycles. The van der Waals surface area contributed by atoms with Crippen LogP contribution in [0.25, 0.3) is 0 Å². The van der Waals surface area contributed by atoms with Crippen molar-refractivity contribution in [3.05, 3.63) is 48.6 Å². The molecule has 1 amide bonds. The van der Waals surface area contributed by atoms with E-state index in [2.05, 4.69) is 54.9 Å². The van der Waals surface area contributed by atoms with Crippen molar-refractivity contribution >= 4 is 5.91 Å². The molecule has 0 aromatic heterocycles. The van der Waals surface area contributed by atoms with Crippen LogP contribution in [-0.4, -0.2) is 36.5 Å². The summed E-state index contributed by atoms with van der Waals surface area (Å²) in [5, 5.41) is 2.90. The summed E-state index contributed by atoms with van der Waals surface area (Å²) in [5.41, 5.74) is 1.30. The van der Waals surface area contributed by atoms with Gasteiger partial charge in [0, 0.05) is 12.6 Å². The summed E-state index contributed by atoms with van der Waals surface area (Å²) >= 11 is 0. The summed E-state index contributed by atoms with van der Waals surface area (Å²) in [6.45, 7) is 10.4. The Kier molecular flexibility index (Phi) is 6.90. The van der Waals surface area contributed by atoms with Crippen LogP contribution in [0.3, 0.4) is 0 Å². The van der Waals surface area contributed by atoms with Crippen LogP contribution in [0, 0.1) is 0 Å². The van der Waals surface area contributed by atoms with Crippen LogP contribution < -0.4 is 5.32 Å². The average Bonchev–Trinajstić information content (AvgIpc) is 2.46. The molecular formula is C16H24N2O. The Bertz CT molecular complexity index is 385. The predicted molar refractivity (Wildman–Crippen MR) is 80.1 cm³/mol. The first-order chi connectivity index (χ1) is 9.21. The molecule has 3 heteroatoms. The van der Waals surface area contributed by atoms with Crippen LogP contribution in [0.5, 0.6) is 0 Å². The molecule has 1 atom stereocenters. The Morgan fingerprint density at radius 2 is 1.95 bits per heavy atom. The Balaban J connectivity index is 2.68. The maximum atomic E-state index is 11.3. The normalized spacial score (nSPS) is 12.2. The van der Waals surface area contributed by atoms with Gasteiger partial charge in [-0.25, -0.2) is 0 Å². The highest BCUT2D eigenvalue weighted by molar-refractivity contribution is 5.86. The lowest BCUT2D eigenvalue weighted by molar-refractivity contribution is -0.116. The molecular weight excluding hydrogens is 236 g/mol. The van der Waals surface area contributed by atoms with Crippen LogP contribution in [-0.2, 0) is 11.2 Å². The third-order valence-electron chi connectivity index (χ3n) is 3.34. The average molecular weight is 260 g/mol. The SMILES string of the molecule is C=CC(=O)NC[C@H](Cc1ccccc1)N(CC)CC. The van der Waals surface area contributed by atoms with Gasteiger partial charge in [0.2, 0.25) is 5.91 Å². The summed E-state index contributed by atoms with van der Waals surface area (Å²) in [6, 6.07) is 10.7. The van der Waals surface area contributed by atoms with Gasteiger partial charge in [-0.1, -0.05) is 50.8 Å². The van der Waals surface area contributed by atoms with Gasteiger partial charge in [0.25, 0.3) is 0 Å². The molecule has 0 aliphatic heterocycles. The van der Waals surface area contributed by atoms with Crippen LogP contribution in [0.2, 0.25) is 0 Å². The molecule has 0 aliphatic rings. The number of carbonyl (C=O) groups is 1. The van der Waals surface area contributed by atoms with Gasteiger partial charge in [-0.3, -0.25) is 9.69 Å². The molecule has 1 rings (SSSR count). The molecule has 0 fully saturated rings. The molecule has 1 N–H and O–H groups in total. The minimum absolute atomic E-state index is 0.106. The second-order valence-corrected chi connectivity index (χ2v) is 4.51. The Hall–Kier alpha value is -1.61. The quantitative estimate of drug-likeness (QED) is 0.727. The zero-order chi connectivity index (χ0) is 14.1. The molecule has 0 saturated heterocycles. The van der Waals surface area contributed by atoms with Gasteiger partial charge in [-0.2, -0.15) is 0 Å². The summed E-state index contributed by atoms with van der Waals surface area (Å²) < 4.78 is 0. The Labute approximate surface area is 116 Å². The summed E-state index contributed by atoms with van der Waals surface area (Å²) in [6.07, 6.45) is 2.27. The maximum absolute atomic E-state index is 11.3. The number of amides is 1. The Morgan fingerprint density at radius 1 is 1.32 bits per heavy atom. The minimum Gasteiger partial charge on any atom is -0.351 e. The van der Waals surface area contributed by atoms with Crippen LogP contribution in [0.4, 0.5) is 0 Å². The van der Waals surface area contributed by atoms with E-state index in [9.17, 15) is 4.79 Å². The van der Waals surface area contributed by atoms with Gasteiger partial charge in [0.1, 0.15) is 0 Å². The summed E-state index contributed by atoms with van der Waals surface area (Å²) in [5.74, 6) is -0.106. The van der Waals surface area contributed by atoms with Crippen molar-refractivity contribution in [3.8, 4) is 0 Å². The highest BCUT2D eigenvalue weighted by atomic mass is 16.1. The number of nitrogens with one attached hydrogen (secondary N) is 1. The maximum Gasteiger partial charge on any atom is 0.243 e. The molecule has 0 heterocycles. The Morgan fingerprint density at radius 3 is 2.47 bits per heavy atom. The van der Waals surface area contributed by atoms with Gasteiger partial charge in [-0.15, -0.1) is 0 Å². The number of benzene rings is 1. The molecule has 0 unspecified atom stereocenters. The van der Waals surface area contributed by atoms with Crippen molar-refractivity contribution < 1.29 is 4.79 Å². The van der Waals surface area contributed by atoms with Crippen LogP contribution >= 0.6 is 0 Å². The van der Waals surface area contributed by atoms with Gasteiger partial charge in [-0.05, 0) is 31.1 Å². The molecule has 1 aromatic carbocycles. The summed E-state index contributed by atoms with van der Waals surface area (Å²) in [4.78, 5) is 13.7. The first kappa shape index (κ1) is 15.4. The summed E-state index contributed by atoms with van der Waals surface area (Å²) in [7, 11) is 0. The molecule has 1 aromatic rings. The number of rotatable bonds is 8. The van der Waals surface area contributed by atoms with E-state index >= 15 is 0 Å². The topological polar surface area (TPSA) is 32.3 Å². The van der Waals surface area contributed by atoms with Crippen molar-refractivity contribution in [1.29, 1.82) is 0 Å². The number of hydrogen-bond acceptors (Lipinski definition) is 2. The molecule has 19 heavy (non-hydrogen) atoms. The smallest absolute Gasteiger partial charge is 0.243 e. The standard InChI is InChI=1S/C16H24N2O/c1-4-16(19)17-13-15(18(5-2)6-3)12-14-10-8-7-9-11-14/h4,7-11,15H,1,5-6,12-13H2,2-3H3,(H,17,19)/t15-/m0/s1. The van der Waals surface area contributed by atoms with E-state index in [1.54, 1.807) is 0 Å². The lowest BCUT2D eigenvalue weighted by Crippen LogP contribution is -2.44. The monoisotopic (exact) mass is 260 g/mol. The van der Waals surface area contributed by atoms with Gasteiger partial charge >= 0.3 is 0 Å². The lowest BCUT2D eigenvalue weighted by atomic mass is 10.0. The van der Waals surface area contributed by atoms with E-state index in [4.69, 9.17) is 0 Å². The van der Waals surface area contributed by atoms with Gasteiger partial charge < -0.3 is 5.32 Å². The van der Waals surface area contributed by atoms with Gasteiger partial charge in [0.15, 0.2) is 0 Å². The number of likely N-dealkylation sites (N-methyl/N-ethyl adjacent to an activating group) is 1. The van der Waals surface area contributed by atoms with Crippen molar-refractivity contribution in [2.45, 2.75) is 26.3 Å². The van der Waals surface area contributed by atoms with E-state index in [1.807, 2.05) is 6.07 Å². The van der Waals surface area contributed by atoms with E-state index in [0.717, 1.165) is 19.5 Å². The van der Waals surface area contributed by atoms with E-state index in [-0.39, 0.29) is 5.91 Å². The second kappa shape index (κ2) is 8.48. The van der Waals surface area contributed by atoms with Crippen molar-refractivity contribution in [2.75, 3.05) is 19.6 Å². The molecule has 0 aliphatic carbocycles. The van der Waals surface area contributed by atoms with E-state index in [0.29, 0.717) is 12.6 Å². The van der Waals surface area contributed by atoms with Gasteiger partial charge in [0.05, 0.1) is 0 Å². The number of carbonyl (C=O) groups excluding carboxylic acids is 1. The first-order valence-electron chi connectivity index (χ1n) is 6.89. The van der Waals surface area contributed by atoms with Crippen molar-refractivity contribution in [3.63, 3.8) is 0 Å². The second-order valence-electron chi connectivity index (χ2n) is 4.51. The highest BCUT2D eigenvalue weighted by Gasteiger charge is 2.16. The van der Waals surface area contributed by atoms with Crippen molar-refractivity contribution in [2.24, 2.45) is 0 Å². The number of hydrogen-bond donors (Lipinski definition) is 1. The fraction of sp³-hybridized carbons (Fsp3) is 0.438. The fourth-order valence-corrected chi connectivity index (χ4v) is 2.25. The zero-order valence-corrected chi connectivity index (χ0v) is 11.9. The lowest BCUT2D eigenvalue weighted by Gasteiger charge is -2.30. The van der Waals surface area contributed by atoms with E-state index in [1.165, 1.54) is 11.6 Å². The molecule has 104 valence electrons. The van der Waals surface area contributed by atoms with Crippen LogP contribution in [0.15, 0.2) is 43.0 Å². The number of nitrogens with zero attached hydrogens (tertiary/aromatic N) is 1. The van der Waals surface area contributed by atoms with Crippen LogP contribution in [0.1, 0.15) is 19.4 Å². The molecule has 0 spiro atoms. The molecule has 0 bridgehead atoms. The predicted octanol–water partition coefficient (Wildman–Crippen LogP) is 2.24. The van der Waals surface area contributed by atoms with E-state index < -0.39 is 0 Å². The fourth-order valence-electron chi connectivity index (χ4n) is 2.25.